The fourth-order valence-corrected chi connectivity index (χ4v) is 1.82. The van der Waals surface area contributed by atoms with E-state index in [0.717, 1.165) is 5.69 Å². The third kappa shape index (κ3) is 2.16. The summed E-state index contributed by atoms with van der Waals surface area (Å²) in [7, 11) is 0. The Labute approximate surface area is 94.2 Å². The minimum Gasteiger partial charge on any atom is -0.315 e. The second-order valence-corrected chi connectivity index (χ2v) is 4.05. The summed E-state index contributed by atoms with van der Waals surface area (Å²) in [5.74, 6) is 0.315. The summed E-state index contributed by atoms with van der Waals surface area (Å²) in [5.41, 5.74) is 0.533. The Morgan fingerprint density at radius 3 is 3.07 bits per heavy atom. The number of thiazole rings is 1. The molecule has 0 bridgehead atoms. The molecule has 0 saturated carbocycles. The SMILES string of the molecule is Cc1csc(Nc2nc[nH]c(=O)c2Cl)n1. The van der Waals surface area contributed by atoms with Gasteiger partial charge >= 0.3 is 0 Å². The van der Waals surface area contributed by atoms with Crippen molar-refractivity contribution in [3.63, 3.8) is 0 Å². The van der Waals surface area contributed by atoms with E-state index < -0.39 is 0 Å². The van der Waals surface area contributed by atoms with Gasteiger partial charge in [0.2, 0.25) is 0 Å². The van der Waals surface area contributed by atoms with E-state index in [1.54, 1.807) is 0 Å². The molecule has 0 aliphatic rings. The molecule has 0 aliphatic heterocycles. The molecule has 0 spiro atoms. The highest BCUT2D eigenvalue weighted by Crippen LogP contribution is 2.21. The molecule has 5 nitrogen and oxygen atoms in total. The van der Waals surface area contributed by atoms with E-state index in [1.165, 1.54) is 17.7 Å². The molecule has 0 saturated heterocycles. The second kappa shape index (κ2) is 4.00. The smallest absolute Gasteiger partial charge is 0.271 e. The lowest BCUT2D eigenvalue weighted by molar-refractivity contribution is 1.12. The van der Waals surface area contributed by atoms with Crippen LogP contribution >= 0.6 is 22.9 Å². The number of halogens is 1. The molecule has 2 N–H and O–H groups in total. The summed E-state index contributed by atoms with van der Waals surface area (Å²) in [4.78, 5) is 21.6. The predicted molar refractivity (Wildman–Crippen MR) is 60.0 cm³/mol. The van der Waals surface area contributed by atoms with Crippen LogP contribution in [-0.4, -0.2) is 15.0 Å². The van der Waals surface area contributed by atoms with Gasteiger partial charge in [0.15, 0.2) is 10.9 Å². The molecule has 2 heterocycles. The van der Waals surface area contributed by atoms with E-state index in [1.807, 2.05) is 12.3 Å². The van der Waals surface area contributed by atoms with E-state index >= 15 is 0 Å². The van der Waals surface area contributed by atoms with Gasteiger partial charge in [-0.2, -0.15) is 0 Å². The zero-order valence-electron chi connectivity index (χ0n) is 7.74. The number of hydrogen-bond acceptors (Lipinski definition) is 5. The largest absolute Gasteiger partial charge is 0.315 e. The monoisotopic (exact) mass is 242 g/mol. The van der Waals surface area contributed by atoms with E-state index in [4.69, 9.17) is 11.6 Å². The Balaban J connectivity index is 2.32. The van der Waals surface area contributed by atoms with Gasteiger partial charge in [-0.3, -0.25) is 4.79 Å². The number of nitrogens with one attached hydrogen (secondary N) is 2. The van der Waals surface area contributed by atoms with E-state index in [-0.39, 0.29) is 10.6 Å². The van der Waals surface area contributed by atoms with Gasteiger partial charge in [0.25, 0.3) is 5.56 Å². The van der Waals surface area contributed by atoms with Gasteiger partial charge in [-0.15, -0.1) is 11.3 Å². The van der Waals surface area contributed by atoms with Crippen LogP contribution in [0.15, 0.2) is 16.5 Å². The molecule has 0 atom stereocenters. The van der Waals surface area contributed by atoms with Gasteiger partial charge in [0.05, 0.1) is 12.0 Å². The van der Waals surface area contributed by atoms with Crippen molar-refractivity contribution in [2.24, 2.45) is 0 Å². The number of rotatable bonds is 2. The van der Waals surface area contributed by atoms with Gasteiger partial charge in [-0.25, -0.2) is 9.97 Å². The maximum absolute atomic E-state index is 11.2. The highest BCUT2D eigenvalue weighted by Gasteiger charge is 2.07. The summed E-state index contributed by atoms with van der Waals surface area (Å²) in [5, 5.41) is 5.46. The third-order valence-electron chi connectivity index (χ3n) is 1.64. The van der Waals surface area contributed by atoms with E-state index in [2.05, 4.69) is 20.3 Å². The summed E-state index contributed by atoms with van der Waals surface area (Å²) >= 11 is 7.18. The van der Waals surface area contributed by atoms with Crippen LogP contribution in [-0.2, 0) is 0 Å². The molecule has 78 valence electrons. The lowest BCUT2D eigenvalue weighted by Gasteiger charge is -2.01. The van der Waals surface area contributed by atoms with Crippen molar-refractivity contribution in [2.45, 2.75) is 6.92 Å². The van der Waals surface area contributed by atoms with Crippen molar-refractivity contribution >= 4 is 33.9 Å². The summed E-state index contributed by atoms with van der Waals surface area (Å²) in [6, 6.07) is 0. The highest BCUT2D eigenvalue weighted by atomic mass is 35.5. The van der Waals surface area contributed by atoms with E-state index in [9.17, 15) is 4.79 Å². The van der Waals surface area contributed by atoms with Gasteiger partial charge in [0.1, 0.15) is 5.02 Å². The van der Waals surface area contributed by atoms with Crippen molar-refractivity contribution in [1.82, 2.24) is 15.0 Å². The third-order valence-corrected chi connectivity index (χ3v) is 2.87. The summed E-state index contributed by atoms with van der Waals surface area (Å²) in [6.07, 6.45) is 1.29. The number of anilines is 2. The first-order chi connectivity index (χ1) is 7.16. The van der Waals surface area contributed by atoms with Crippen LogP contribution in [0.5, 0.6) is 0 Å². The molecule has 7 heteroatoms. The van der Waals surface area contributed by atoms with Gasteiger partial charge in [-0.1, -0.05) is 11.6 Å². The van der Waals surface area contributed by atoms with Crippen molar-refractivity contribution in [2.75, 3.05) is 5.32 Å². The zero-order valence-corrected chi connectivity index (χ0v) is 9.32. The zero-order chi connectivity index (χ0) is 10.8. The Hall–Kier alpha value is -1.40. The number of hydrogen-bond donors (Lipinski definition) is 2. The topological polar surface area (TPSA) is 70.7 Å². The second-order valence-electron chi connectivity index (χ2n) is 2.81. The first-order valence-electron chi connectivity index (χ1n) is 4.09. The normalized spacial score (nSPS) is 10.3. The van der Waals surface area contributed by atoms with E-state index in [0.29, 0.717) is 10.9 Å². The molecule has 2 aromatic heterocycles. The average Bonchev–Trinajstić information content (AvgIpc) is 2.59. The van der Waals surface area contributed by atoms with Crippen LogP contribution in [0, 0.1) is 6.92 Å². The molecule has 0 unspecified atom stereocenters. The number of aromatic nitrogens is 3. The minimum atomic E-state index is -0.373. The molecular formula is C8H7ClN4OS. The number of aryl methyl sites for hydroxylation is 1. The maximum atomic E-state index is 11.2. The van der Waals surface area contributed by atoms with Gasteiger partial charge in [0, 0.05) is 5.38 Å². The molecule has 0 fully saturated rings. The predicted octanol–water partition coefficient (Wildman–Crippen LogP) is 1.93. The van der Waals surface area contributed by atoms with Crippen LogP contribution in [0.2, 0.25) is 5.02 Å². The lowest BCUT2D eigenvalue weighted by atomic mass is 10.5. The first-order valence-corrected chi connectivity index (χ1v) is 5.35. The Morgan fingerprint density at radius 1 is 1.60 bits per heavy atom. The molecule has 0 radical (unpaired) electrons. The molecule has 15 heavy (non-hydrogen) atoms. The van der Waals surface area contributed by atoms with Crippen LogP contribution in [0.25, 0.3) is 0 Å². The molecule has 0 aromatic carbocycles. The van der Waals surface area contributed by atoms with Gasteiger partial charge < -0.3 is 10.3 Å². The lowest BCUT2D eigenvalue weighted by Crippen LogP contribution is -2.09. The van der Waals surface area contributed by atoms with Crippen LogP contribution in [0.3, 0.4) is 0 Å². The summed E-state index contributed by atoms with van der Waals surface area (Å²) in [6.45, 7) is 1.88. The fourth-order valence-electron chi connectivity index (χ4n) is 0.983. The quantitative estimate of drug-likeness (QED) is 0.844. The standard InChI is InChI=1S/C8H7ClN4OS/c1-4-2-15-8(12-4)13-6-5(9)7(14)11-3-10-6/h2-3H,1H3,(H2,10,11,12,13,14). The molecule has 2 rings (SSSR count). The maximum Gasteiger partial charge on any atom is 0.271 e. The van der Waals surface area contributed by atoms with Crippen LogP contribution in [0.4, 0.5) is 10.9 Å². The number of aromatic amines is 1. The number of nitrogens with zero attached hydrogens (tertiary/aromatic N) is 2. The molecule has 2 aromatic rings. The van der Waals surface area contributed by atoms with Crippen molar-refractivity contribution in [3.05, 3.63) is 32.8 Å². The summed E-state index contributed by atoms with van der Waals surface area (Å²) < 4.78 is 0. The number of H-pyrrole nitrogens is 1. The molecule has 0 aliphatic carbocycles. The van der Waals surface area contributed by atoms with Crippen LogP contribution < -0.4 is 10.9 Å². The Morgan fingerprint density at radius 2 is 2.40 bits per heavy atom. The fraction of sp³-hybridized carbons (Fsp3) is 0.125. The Bertz CT molecular complexity index is 535. The average molecular weight is 243 g/mol. The van der Waals surface area contributed by atoms with Crippen molar-refractivity contribution in [1.29, 1.82) is 0 Å². The first kappa shape index (κ1) is 10.1. The Kier molecular flexibility index (Phi) is 2.70. The van der Waals surface area contributed by atoms with Crippen LogP contribution in [0.1, 0.15) is 5.69 Å². The minimum absolute atomic E-state index is 0.0327. The molecule has 0 amide bonds. The molecular weight excluding hydrogens is 236 g/mol. The van der Waals surface area contributed by atoms with Crippen molar-refractivity contribution < 1.29 is 0 Å². The highest BCUT2D eigenvalue weighted by molar-refractivity contribution is 7.13. The van der Waals surface area contributed by atoms with Crippen molar-refractivity contribution in [3.8, 4) is 0 Å². The van der Waals surface area contributed by atoms with Gasteiger partial charge in [-0.05, 0) is 6.92 Å².